The Morgan fingerprint density at radius 3 is 2.83 bits per heavy atom. The predicted molar refractivity (Wildman–Crippen MR) is 105 cm³/mol. The van der Waals surface area contributed by atoms with Gasteiger partial charge in [0.1, 0.15) is 18.9 Å². The van der Waals surface area contributed by atoms with Gasteiger partial charge in [0, 0.05) is 33.3 Å². The lowest BCUT2D eigenvalue weighted by atomic mass is 10.1. The maximum absolute atomic E-state index is 12.1. The maximum atomic E-state index is 12.1. The molecule has 0 radical (unpaired) electrons. The quantitative estimate of drug-likeness (QED) is 0.415. The molecule has 10 nitrogen and oxygen atoms in total. The lowest BCUT2D eigenvalue weighted by Gasteiger charge is -2.38. The van der Waals surface area contributed by atoms with Crippen molar-refractivity contribution in [3.05, 3.63) is 11.9 Å². The molecular formula is C19H33N5O5. The monoisotopic (exact) mass is 411 g/mol. The lowest BCUT2D eigenvalue weighted by Crippen LogP contribution is -2.56. The molecule has 1 aliphatic rings. The van der Waals surface area contributed by atoms with Crippen molar-refractivity contribution >= 4 is 11.8 Å². The van der Waals surface area contributed by atoms with Crippen LogP contribution in [0, 0.1) is 0 Å². The van der Waals surface area contributed by atoms with Crippen LogP contribution in [0.5, 0.6) is 0 Å². The number of rotatable bonds is 15. The number of methoxy groups -OCH3 is 1. The van der Waals surface area contributed by atoms with Crippen LogP contribution in [0.3, 0.4) is 0 Å². The van der Waals surface area contributed by atoms with Gasteiger partial charge in [0.05, 0.1) is 25.5 Å². The maximum Gasteiger partial charge on any atom is 0.248 e. The van der Waals surface area contributed by atoms with E-state index < -0.39 is 0 Å². The second-order valence-electron chi connectivity index (χ2n) is 7.10. The van der Waals surface area contributed by atoms with E-state index in [1.54, 1.807) is 4.90 Å². The summed E-state index contributed by atoms with van der Waals surface area (Å²) in [7, 11) is 1.47. The fourth-order valence-corrected chi connectivity index (χ4v) is 2.89. The Balaban J connectivity index is 1.49. The summed E-state index contributed by atoms with van der Waals surface area (Å²) in [5.74, 6) is -0.236. The summed E-state index contributed by atoms with van der Waals surface area (Å²) >= 11 is 0. The number of likely N-dealkylation sites (tertiary alicyclic amines) is 1. The summed E-state index contributed by atoms with van der Waals surface area (Å²) in [4.78, 5) is 25.0. The Labute approximate surface area is 171 Å². The molecule has 1 N–H and O–H groups in total. The highest BCUT2D eigenvalue weighted by Gasteiger charge is 2.31. The molecule has 1 saturated heterocycles. The minimum Gasteiger partial charge on any atom is -0.375 e. The Morgan fingerprint density at radius 1 is 1.24 bits per heavy atom. The molecule has 0 bridgehead atoms. The van der Waals surface area contributed by atoms with Crippen molar-refractivity contribution in [3.63, 3.8) is 0 Å². The molecule has 0 aromatic carbocycles. The van der Waals surface area contributed by atoms with Crippen molar-refractivity contribution in [3.8, 4) is 0 Å². The third-order valence-electron chi connectivity index (χ3n) is 4.56. The Hall–Kier alpha value is -2.04. The zero-order valence-electron chi connectivity index (χ0n) is 17.5. The fourth-order valence-electron chi connectivity index (χ4n) is 2.89. The van der Waals surface area contributed by atoms with Gasteiger partial charge in [-0.2, -0.15) is 0 Å². The highest BCUT2D eigenvalue weighted by molar-refractivity contribution is 5.78. The number of amides is 2. The average molecular weight is 412 g/mol. The molecule has 1 fully saturated rings. The highest BCUT2D eigenvalue weighted by Crippen LogP contribution is 2.12. The molecule has 0 unspecified atom stereocenters. The third-order valence-corrected chi connectivity index (χ3v) is 4.56. The van der Waals surface area contributed by atoms with Crippen LogP contribution in [0.4, 0.5) is 0 Å². The van der Waals surface area contributed by atoms with Gasteiger partial charge in [-0.05, 0) is 6.42 Å². The van der Waals surface area contributed by atoms with Crippen LogP contribution in [0.1, 0.15) is 38.3 Å². The molecule has 10 heteroatoms. The van der Waals surface area contributed by atoms with E-state index in [1.807, 2.05) is 10.9 Å². The first-order valence-corrected chi connectivity index (χ1v) is 10.2. The standard InChI is InChI=1S/C19H33N5O5/c1-3-4-5-6-8-24-10-16(21-22-24)13-28-15-19(26)23-11-17(12-23)29-9-7-20-18(25)14-27-2/h10,17H,3-9,11-15H2,1-2H3,(H,20,25). The number of hydrogen-bond donors (Lipinski definition) is 1. The second-order valence-corrected chi connectivity index (χ2v) is 7.10. The Bertz CT molecular complexity index is 618. The zero-order chi connectivity index (χ0) is 20.9. The normalized spacial score (nSPS) is 14.1. The van der Waals surface area contributed by atoms with E-state index in [0.717, 1.165) is 18.7 Å². The van der Waals surface area contributed by atoms with E-state index >= 15 is 0 Å². The predicted octanol–water partition coefficient (Wildman–Crippen LogP) is 0.365. The summed E-state index contributed by atoms with van der Waals surface area (Å²) < 4.78 is 17.6. The van der Waals surface area contributed by atoms with Gasteiger partial charge in [0.2, 0.25) is 11.8 Å². The molecule has 1 aromatic heterocycles. The van der Waals surface area contributed by atoms with Gasteiger partial charge in [0.25, 0.3) is 0 Å². The summed E-state index contributed by atoms with van der Waals surface area (Å²) in [5.41, 5.74) is 0.730. The van der Waals surface area contributed by atoms with Crippen molar-refractivity contribution in [1.82, 2.24) is 25.2 Å². The number of hydrogen-bond acceptors (Lipinski definition) is 7. The molecule has 0 spiro atoms. The number of aryl methyl sites for hydroxylation is 1. The van der Waals surface area contributed by atoms with E-state index in [4.69, 9.17) is 14.2 Å². The van der Waals surface area contributed by atoms with Gasteiger partial charge < -0.3 is 24.4 Å². The Kier molecular flexibility index (Phi) is 10.6. The average Bonchev–Trinajstić information content (AvgIpc) is 3.11. The third kappa shape index (κ3) is 8.88. The van der Waals surface area contributed by atoms with Gasteiger partial charge in [-0.3, -0.25) is 14.3 Å². The molecule has 2 amide bonds. The number of unbranched alkanes of at least 4 members (excludes halogenated alkanes) is 3. The molecule has 2 heterocycles. The molecule has 0 aliphatic carbocycles. The van der Waals surface area contributed by atoms with Crippen LogP contribution in [-0.4, -0.2) is 84.4 Å². The lowest BCUT2D eigenvalue weighted by molar-refractivity contribution is -0.150. The smallest absolute Gasteiger partial charge is 0.248 e. The Morgan fingerprint density at radius 2 is 2.07 bits per heavy atom. The zero-order valence-corrected chi connectivity index (χ0v) is 17.5. The van der Waals surface area contributed by atoms with E-state index in [0.29, 0.717) is 26.2 Å². The van der Waals surface area contributed by atoms with Crippen LogP contribution < -0.4 is 5.32 Å². The van der Waals surface area contributed by atoms with Crippen LogP contribution >= 0.6 is 0 Å². The van der Waals surface area contributed by atoms with Crippen molar-refractivity contribution in [2.75, 3.05) is 46.6 Å². The van der Waals surface area contributed by atoms with E-state index in [9.17, 15) is 9.59 Å². The molecule has 29 heavy (non-hydrogen) atoms. The first-order chi connectivity index (χ1) is 14.1. The largest absolute Gasteiger partial charge is 0.375 e. The summed E-state index contributed by atoms with van der Waals surface area (Å²) in [5, 5.41) is 10.8. The first kappa shape index (κ1) is 23.2. The number of nitrogens with zero attached hydrogens (tertiary/aromatic N) is 4. The number of carbonyl (C=O) groups excluding carboxylic acids is 2. The summed E-state index contributed by atoms with van der Waals surface area (Å²) in [6.45, 7) is 5.30. The van der Waals surface area contributed by atoms with Crippen LogP contribution in [-0.2, 0) is 37.0 Å². The molecule has 0 atom stereocenters. The van der Waals surface area contributed by atoms with Crippen LogP contribution in [0.25, 0.3) is 0 Å². The fraction of sp³-hybridized carbons (Fsp3) is 0.789. The number of ether oxygens (including phenoxy) is 3. The summed E-state index contributed by atoms with van der Waals surface area (Å²) in [6, 6.07) is 0. The molecule has 1 aromatic rings. The van der Waals surface area contributed by atoms with Crippen molar-refractivity contribution in [2.24, 2.45) is 0 Å². The van der Waals surface area contributed by atoms with Gasteiger partial charge in [-0.1, -0.05) is 31.4 Å². The molecular weight excluding hydrogens is 378 g/mol. The summed E-state index contributed by atoms with van der Waals surface area (Å²) in [6.07, 6.45) is 6.61. The number of carbonyl (C=O) groups is 2. The van der Waals surface area contributed by atoms with Crippen molar-refractivity contribution in [1.29, 1.82) is 0 Å². The minimum absolute atomic E-state index is 0.00545. The first-order valence-electron chi connectivity index (χ1n) is 10.2. The molecule has 164 valence electrons. The van der Waals surface area contributed by atoms with Gasteiger partial charge in [0.15, 0.2) is 0 Å². The highest BCUT2D eigenvalue weighted by atomic mass is 16.5. The van der Waals surface area contributed by atoms with Gasteiger partial charge in [-0.25, -0.2) is 0 Å². The molecule has 1 aliphatic heterocycles. The van der Waals surface area contributed by atoms with Crippen molar-refractivity contribution < 1.29 is 23.8 Å². The van der Waals surface area contributed by atoms with E-state index in [2.05, 4.69) is 22.6 Å². The number of aromatic nitrogens is 3. The topological polar surface area (TPSA) is 108 Å². The molecule has 0 saturated carbocycles. The van der Waals surface area contributed by atoms with Gasteiger partial charge >= 0.3 is 0 Å². The molecule has 2 rings (SSSR count). The second kappa shape index (κ2) is 13.2. The van der Waals surface area contributed by atoms with Crippen LogP contribution in [0.2, 0.25) is 0 Å². The van der Waals surface area contributed by atoms with Crippen LogP contribution in [0.15, 0.2) is 6.20 Å². The van der Waals surface area contributed by atoms with E-state index in [-0.39, 0.29) is 37.7 Å². The number of nitrogens with one attached hydrogen (secondary N) is 1. The van der Waals surface area contributed by atoms with Gasteiger partial charge in [-0.15, -0.1) is 5.10 Å². The SMILES string of the molecule is CCCCCCn1cc(COCC(=O)N2CC(OCCNC(=O)COC)C2)nn1. The van der Waals surface area contributed by atoms with E-state index in [1.165, 1.54) is 26.4 Å². The van der Waals surface area contributed by atoms with Crippen molar-refractivity contribution in [2.45, 2.75) is 51.9 Å². The minimum atomic E-state index is -0.171.